The van der Waals surface area contributed by atoms with Crippen LogP contribution in [-0.4, -0.2) is 64.4 Å². The topological polar surface area (TPSA) is 128 Å². The number of benzene rings is 1. The number of methoxy groups -OCH3 is 1. The van der Waals surface area contributed by atoms with Gasteiger partial charge in [0.15, 0.2) is 11.5 Å². The minimum absolute atomic E-state index is 0.0382. The average molecular weight is 339 g/mol. The van der Waals surface area contributed by atoms with Crippen LogP contribution >= 0.6 is 0 Å². The van der Waals surface area contributed by atoms with E-state index in [4.69, 9.17) is 9.47 Å². The molecule has 3 rings (SSSR count). The van der Waals surface area contributed by atoms with Crippen LogP contribution in [-0.2, 0) is 0 Å². The van der Waals surface area contributed by atoms with E-state index in [1.807, 2.05) is 0 Å². The highest BCUT2D eigenvalue weighted by Crippen LogP contribution is 2.48. The number of carbonyl (C=O) groups is 1. The Morgan fingerprint density at radius 1 is 1.29 bits per heavy atom. The molecular weight excluding hydrogens is 318 g/mol. The van der Waals surface area contributed by atoms with Crippen molar-refractivity contribution >= 4 is 5.91 Å². The molecule has 0 spiro atoms. The van der Waals surface area contributed by atoms with Gasteiger partial charge in [-0.1, -0.05) is 0 Å². The molecule has 0 bridgehead atoms. The third-order valence-electron chi connectivity index (χ3n) is 4.72. The third-order valence-corrected chi connectivity index (χ3v) is 4.72. The molecule has 0 saturated heterocycles. The van der Waals surface area contributed by atoms with Crippen molar-refractivity contribution in [1.29, 1.82) is 0 Å². The maximum atomic E-state index is 12.4. The molecule has 0 aromatic heterocycles. The Hall–Kier alpha value is -2.03. The van der Waals surface area contributed by atoms with Crippen LogP contribution in [0.5, 0.6) is 17.2 Å². The molecule has 5 atom stereocenters. The molecule has 1 aromatic carbocycles. The lowest BCUT2D eigenvalue weighted by atomic mass is 9.72. The van der Waals surface area contributed by atoms with E-state index in [-0.39, 0.29) is 35.8 Å². The van der Waals surface area contributed by atoms with Gasteiger partial charge in [0.25, 0.3) is 5.91 Å². The molecule has 0 unspecified atom stereocenters. The Kier molecular flexibility index (Phi) is 4.29. The fourth-order valence-corrected chi connectivity index (χ4v) is 3.57. The molecule has 1 aromatic rings. The van der Waals surface area contributed by atoms with E-state index in [1.54, 1.807) is 13.0 Å². The number of aromatic hydroxyl groups is 1. The molecule has 0 radical (unpaired) electrons. The second-order valence-electron chi connectivity index (χ2n) is 6.04. The fourth-order valence-electron chi connectivity index (χ4n) is 3.57. The molecule has 1 saturated carbocycles. The van der Waals surface area contributed by atoms with Gasteiger partial charge in [-0.3, -0.25) is 4.79 Å². The summed E-state index contributed by atoms with van der Waals surface area (Å²) in [6.45, 7) is 2.02. The lowest BCUT2D eigenvalue weighted by Crippen LogP contribution is -2.61. The van der Waals surface area contributed by atoms with E-state index >= 15 is 0 Å². The first-order valence-electron chi connectivity index (χ1n) is 7.82. The number of amides is 1. The summed E-state index contributed by atoms with van der Waals surface area (Å²) in [5, 5.41) is 43.1. The lowest BCUT2D eigenvalue weighted by molar-refractivity contribution is -0.104. The maximum absolute atomic E-state index is 12.4. The van der Waals surface area contributed by atoms with Crippen molar-refractivity contribution in [2.24, 2.45) is 0 Å². The second kappa shape index (κ2) is 6.12. The Morgan fingerprint density at radius 2 is 2.00 bits per heavy atom. The molecule has 1 heterocycles. The summed E-state index contributed by atoms with van der Waals surface area (Å²) in [4.78, 5) is 12.4. The zero-order chi connectivity index (χ0) is 17.6. The van der Waals surface area contributed by atoms with Gasteiger partial charge in [0, 0.05) is 5.92 Å². The number of phenols is 1. The summed E-state index contributed by atoms with van der Waals surface area (Å²) >= 11 is 0. The van der Waals surface area contributed by atoms with E-state index in [2.05, 4.69) is 5.32 Å². The SMILES string of the molecule is CCOc1c(OC)cc2c(c1O)C(=O)N[C@@H]1[C@@H](O)[C@@H](O)[C@H](O)C[C@@H]21. The number of carbonyl (C=O) groups excluding carboxylic acids is 1. The van der Waals surface area contributed by atoms with Crippen molar-refractivity contribution in [3.8, 4) is 17.2 Å². The van der Waals surface area contributed by atoms with Crippen molar-refractivity contribution in [2.75, 3.05) is 13.7 Å². The fraction of sp³-hybridized carbons (Fsp3) is 0.562. The minimum atomic E-state index is -1.34. The summed E-state index contributed by atoms with van der Waals surface area (Å²) in [5.74, 6) is -1.05. The summed E-state index contributed by atoms with van der Waals surface area (Å²) in [6, 6.07) is 0.818. The van der Waals surface area contributed by atoms with Crippen molar-refractivity contribution < 1.29 is 34.7 Å². The number of aliphatic hydroxyl groups is 3. The van der Waals surface area contributed by atoms with Crippen molar-refractivity contribution in [1.82, 2.24) is 5.32 Å². The average Bonchev–Trinajstić information content (AvgIpc) is 2.56. The maximum Gasteiger partial charge on any atom is 0.255 e. The molecule has 132 valence electrons. The van der Waals surface area contributed by atoms with Gasteiger partial charge in [0.2, 0.25) is 5.75 Å². The van der Waals surface area contributed by atoms with E-state index < -0.39 is 36.2 Å². The molecule has 1 aliphatic heterocycles. The number of hydrogen-bond acceptors (Lipinski definition) is 7. The molecule has 2 aliphatic rings. The molecule has 24 heavy (non-hydrogen) atoms. The van der Waals surface area contributed by atoms with E-state index in [0.717, 1.165) is 0 Å². The van der Waals surface area contributed by atoms with Gasteiger partial charge in [-0.2, -0.15) is 0 Å². The van der Waals surface area contributed by atoms with Gasteiger partial charge < -0.3 is 35.2 Å². The number of aliphatic hydroxyl groups excluding tert-OH is 3. The standard InChI is InChI=1S/C16H21NO7/c1-3-24-15-9(23-2)5-6-7-4-8(18)12(19)14(21)11(7)17-16(22)10(6)13(15)20/h5,7-8,11-12,14,18-21H,3-4H2,1-2H3,(H,17,22)/t7-,8+,11-,12-,14+/m0/s1. The highest BCUT2D eigenvalue weighted by molar-refractivity contribution is 6.01. The number of ether oxygens (including phenoxy) is 2. The first-order chi connectivity index (χ1) is 11.4. The Morgan fingerprint density at radius 3 is 2.62 bits per heavy atom. The Balaban J connectivity index is 2.15. The predicted octanol–water partition coefficient (Wildman–Crippen LogP) is -0.519. The van der Waals surface area contributed by atoms with Gasteiger partial charge in [0.1, 0.15) is 12.2 Å². The van der Waals surface area contributed by atoms with Gasteiger partial charge in [-0.05, 0) is 25.0 Å². The zero-order valence-corrected chi connectivity index (χ0v) is 13.4. The molecule has 1 fully saturated rings. The summed E-state index contributed by atoms with van der Waals surface area (Å²) < 4.78 is 10.6. The van der Waals surface area contributed by atoms with Crippen LogP contribution in [0.1, 0.15) is 35.2 Å². The van der Waals surface area contributed by atoms with Crippen LogP contribution in [0, 0.1) is 0 Å². The van der Waals surface area contributed by atoms with Crippen LogP contribution in [0.4, 0.5) is 0 Å². The van der Waals surface area contributed by atoms with Crippen LogP contribution < -0.4 is 14.8 Å². The van der Waals surface area contributed by atoms with Crippen LogP contribution in [0.2, 0.25) is 0 Å². The highest BCUT2D eigenvalue weighted by Gasteiger charge is 2.48. The molecule has 1 aliphatic carbocycles. The summed E-state index contributed by atoms with van der Waals surface area (Å²) in [6.07, 6.45) is -3.65. The number of rotatable bonds is 3. The molecule has 8 heteroatoms. The van der Waals surface area contributed by atoms with Gasteiger partial charge in [0.05, 0.1) is 31.4 Å². The van der Waals surface area contributed by atoms with E-state index in [9.17, 15) is 25.2 Å². The van der Waals surface area contributed by atoms with Crippen molar-refractivity contribution in [3.63, 3.8) is 0 Å². The number of nitrogens with one attached hydrogen (secondary N) is 1. The van der Waals surface area contributed by atoms with Crippen molar-refractivity contribution in [3.05, 3.63) is 17.2 Å². The smallest absolute Gasteiger partial charge is 0.255 e. The molecular formula is C16H21NO7. The van der Waals surface area contributed by atoms with E-state index in [0.29, 0.717) is 5.56 Å². The van der Waals surface area contributed by atoms with Gasteiger partial charge >= 0.3 is 0 Å². The van der Waals surface area contributed by atoms with Crippen LogP contribution in [0.15, 0.2) is 6.07 Å². The number of phenolic OH excluding ortho intramolecular Hbond substituents is 1. The van der Waals surface area contributed by atoms with Gasteiger partial charge in [-0.25, -0.2) is 0 Å². The monoisotopic (exact) mass is 339 g/mol. The predicted molar refractivity (Wildman–Crippen MR) is 82.5 cm³/mol. The normalized spacial score (nSPS) is 31.7. The Bertz CT molecular complexity index is 662. The quantitative estimate of drug-likeness (QED) is 0.501. The summed E-state index contributed by atoms with van der Waals surface area (Å²) in [5.41, 5.74) is 0.489. The second-order valence-corrected chi connectivity index (χ2v) is 6.04. The van der Waals surface area contributed by atoms with Crippen LogP contribution in [0.3, 0.4) is 0 Å². The summed E-state index contributed by atoms with van der Waals surface area (Å²) in [7, 11) is 1.42. The first kappa shape index (κ1) is 16.8. The van der Waals surface area contributed by atoms with Gasteiger partial charge in [-0.15, -0.1) is 0 Å². The molecule has 8 nitrogen and oxygen atoms in total. The first-order valence-corrected chi connectivity index (χ1v) is 7.82. The molecule has 5 N–H and O–H groups in total. The number of fused-ring (bicyclic) bond motifs is 3. The number of hydrogen-bond donors (Lipinski definition) is 5. The highest BCUT2D eigenvalue weighted by atomic mass is 16.5. The lowest BCUT2D eigenvalue weighted by Gasteiger charge is -2.44. The largest absolute Gasteiger partial charge is 0.504 e. The molecule has 1 amide bonds. The Labute approximate surface area is 138 Å². The van der Waals surface area contributed by atoms with Crippen molar-refractivity contribution in [2.45, 2.75) is 43.6 Å². The minimum Gasteiger partial charge on any atom is -0.504 e. The zero-order valence-electron chi connectivity index (χ0n) is 13.4. The third kappa shape index (κ3) is 2.38. The van der Waals surface area contributed by atoms with E-state index in [1.165, 1.54) is 7.11 Å². The van der Waals surface area contributed by atoms with Crippen LogP contribution in [0.25, 0.3) is 0 Å².